The van der Waals surface area contributed by atoms with E-state index in [-0.39, 0.29) is 9.92 Å². The number of nitrogens with zero attached hydrogens (tertiary/aromatic N) is 1. The van der Waals surface area contributed by atoms with Crippen molar-refractivity contribution in [1.29, 1.82) is 0 Å². The topological polar surface area (TPSA) is 58.6 Å². The second-order valence-electron chi connectivity index (χ2n) is 4.23. The van der Waals surface area contributed by atoms with Gasteiger partial charge < -0.3 is 9.64 Å². The van der Waals surface area contributed by atoms with E-state index in [1.165, 1.54) is 12.1 Å². The van der Waals surface area contributed by atoms with Crippen LogP contribution in [0.1, 0.15) is 6.92 Å². The number of hydrogen-bond acceptors (Lipinski definition) is 4. The van der Waals surface area contributed by atoms with Gasteiger partial charge in [0, 0.05) is 13.1 Å². The Bertz CT molecular complexity index is 518. The van der Waals surface area contributed by atoms with Crippen LogP contribution in [0.5, 0.6) is 5.75 Å². The number of sulfonamides is 1. The van der Waals surface area contributed by atoms with Gasteiger partial charge in [-0.2, -0.15) is 0 Å². The van der Waals surface area contributed by atoms with Crippen molar-refractivity contribution in [2.75, 3.05) is 33.8 Å². The molecule has 0 heterocycles. The van der Waals surface area contributed by atoms with E-state index in [2.05, 4.69) is 4.72 Å². The van der Waals surface area contributed by atoms with Gasteiger partial charge in [-0.15, -0.1) is 0 Å². The first-order valence-electron chi connectivity index (χ1n) is 5.93. The number of hydrogen-bond donors (Lipinski definition) is 1. The molecule has 0 saturated heterocycles. The largest absolute Gasteiger partial charge is 0.492 e. The summed E-state index contributed by atoms with van der Waals surface area (Å²) in [7, 11) is 0.227. The van der Waals surface area contributed by atoms with Gasteiger partial charge in [0.1, 0.15) is 5.75 Å². The van der Waals surface area contributed by atoms with Gasteiger partial charge in [-0.05, 0) is 39.2 Å². The van der Waals surface area contributed by atoms with E-state index < -0.39 is 10.0 Å². The maximum Gasteiger partial charge on any atom is 0.240 e. The van der Waals surface area contributed by atoms with Crippen LogP contribution < -0.4 is 9.46 Å². The first kappa shape index (κ1) is 16.2. The zero-order valence-corrected chi connectivity index (χ0v) is 12.9. The third-order valence-corrected chi connectivity index (χ3v) is 4.12. The highest BCUT2D eigenvalue weighted by Gasteiger charge is 2.15. The van der Waals surface area contributed by atoms with Crippen molar-refractivity contribution in [2.24, 2.45) is 0 Å². The molecule has 5 nitrogen and oxygen atoms in total. The lowest BCUT2D eigenvalue weighted by Crippen LogP contribution is -2.31. The van der Waals surface area contributed by atoms with Gasteiger partial charge >= 0.3 is 0 Å². The van der Waals surface area contributed by atoms with Crippen LogP contribution in [0.3, 0.4) is 0 Å². The minimum atomic E-state index is -3.53. The van der Waals surface area contributed by atoms with Crippen molar-refractivity contribution >= 4 is 21.6 Å². The average Bonchev–Trinajstić information content (AvgIpc) is 2.31. The Morgan fingerprint density at radius 2 is 2.05 bits per heavy atom. The predicted octanol–water partition coefficient (Wildman–Crippen LogP) is 1.58. The maximum absolute atomic E-state index is 12.0. The van der Waals surface area contributed by atoms with E-state index in [1.807, 2.05) is 25.9 Å². The van der Waals surface area contributed by atoms with E-state index in [0.717, 1.165) is 0 Å². The Labute approximate surface area is 119 Å². The summed E-state index contributed by atoms with van der Waals surface area (Å²) < 4.78 is 31.8. The van der Waals surface area contributed by atoms with Crippen molar-refractivity contribution in [3.63, 3.8) is 0 Å². The van der Waals surface area contributed by atoms with Crippen LogP contribution in [0.25, 0.3) is 0 Å². The summed E-state index contributed by atoms with van der Waals surface area (Å²) in [5.41, 5.74) is 0. The van der Waals surface area contributed by atoms with E-state index in [4.69, 9.17) is 16.3 Å². The lowest BCUT2D eigenvalue weighted by Gasteiger charge is -2.12. The van der Waals surface area contributed by atoms with Crippen LogP contribution in [0, 0.1) is 0 Å². The minimum Gasteiger partial charge on any atom is -0.492 e. The molecule has 0 fully saturated rings. The summed E-state index contributed by atoms with van der Waals surface area (Å²) >= 11 is 5.97. The van der Waals surface area contributed by atoms with E-state index in [1.54, 1.807) is 6.07 Å². The second kappa shape index (κ2) is 7.09. The fourth-order valence-corrected chi connectivity index (χ4v) is 2.75. The first-order chi connectivity index (χ1) is 8.86. The maximum atomic E-state index is 12.0. The molecule has 0 spiro atoms. The summed E-state index contributed by atoms with van der Waals surface area (Å²) in [6.07, 6.45) is 0. The molecule has 0 aliphatic carbocycles. The van der Waals surface area contributed by atoms with Crippen LogP contribution in [-0.4, -0.2) is 47.1 Å². The minimum absolute atomic E-state index is 0.139. The quantitative estimate of drug-likeness (QED) is 0.831. The Morgan fingerprint density at radius 1 is 1.37 bits per heavy atom. The summed E-state index contributed by atoms with van der Waals surface area (Å²) in [4.78, 5) is 2.04. The fourth-order valence-electron chi connectivity index (χ4n) is 1.41. The Kier molecular flexibility index (Phi) is 6.06. The molecule has 0 aliphatic heterocycles. The molecule has 1 aromatic carbocycles. The summed E-state index contributed by atoms with van der Waals surface area (Å²) in [6.45, 7) is 3.29. The predicted molar refractivity (Wildman–Crippen MR) is 76.4 cm³/mol. The Hall–Kier alpha value is -0.820. The molecule has 1 aromatic rings. The molecule has 0 aliphatic rings. The summed E-state index contributed by atoms with van der Waals surface area (Å²) in [5, 5.41) is 0.289. The van der Waals surface area contributed by atoms with Crippen LogP contribution in [0.4, 0.5) is 0 Å². The van der Waals surface area contributed by atoms with Crippen molar-refractivity contribution < 1.29 is 13.2 Å². The van der Waals surface area contributed by atoms with Gasteiger partial charge in [0.2, 0.25) is 10.0 Å². The number of nitrogens with one attached hydrogen (secondary N) is 1. The van der Waals surface area contributed by atoms with Gasteiger partial charge in [0.05, 0.1) is 16.5 Å². The first-order valence-corrected chi connectivity index (χ1v) is 7.79. The van der Waals surface area contributed by atoms with Crippen molar-refractivity contribution in [2.45, 2.75) is 11.8 Å². The normalized spacial score (nSPS) is 11.8. The summed E-state index contributed by atoms with van der Waals surface area (Å²) in [5.74, 6) is 0.483. The highest BCUT2D eigenvalue weighted by molar-refractivity contribution is 7.89. The molecular weight excluding hydrogens is 288 g/mol. The molecule has 108 valence electrons. The molecule has 0 bridgehead atoms. The van der Waals surface area contributed by atoms with Crippen molar-refractivity contribution in [3.05, 3.63) is 23.2 Å². The highest BCUT2D eigenvalue weighted by atomic mass is 35.5. The van der Waals surface area contributed by atoms with Crippen molar-refractivity contribution in [3.8, 4) is 5.75 Å². The molecule has 0 aromatic heterocycles. The average molecular weight is 307 g/mol. The molecule has 19 heavy (non-hydrogen) atoms. The molecule has 1 N–H and O–H groups in total. The molecular formula is C12H19ClN2O3S. The van der Waals surface area contributed by atoms with Gasteiger partial charge in [-0.1, -0.05) is 11.6 Å². The Morgan fingerprint density at radius 3 is 2.58 bits per heavy atom. The molecule has 0 radical (unpaired) electrons. The van der Waals surface area contributed by atoms with Crippen LogP contribution >= 0.6 is 11.6 Å². The van der Waals surface area contributed by atoms with E-state index in [0.29, 0.717) is 25.4 Å². The van der Waals surface area contributed by atoms with Gasteiger partial charge in [0.25, 0.3) is 0 Å². The van der Waals surface area contributed by atoms with Gasteiger partial charge in [0.15, 0.2) is 0 Å². The number of rotatable bonds is 7. The molecule has 0 unspecified atom stereocenters. The van der Waals surface area contributed by atoms with Gasteiger partial charge in [-0.3, -0.25) is 0 Å². The van der Waals surface area contributed by atoms with E-state index >= 15 is 0 Å². The van der Waals surface area contributed by atoms with E-state index in [9.17, 15) is 8.42 Å². The number of benzene rings is 1. The van der Waals surface area contributed by atoms with Crippen LogP contribution in [0.15, 0.2) is 23.1 Å². The molecule has 0 atom stereocenters. The fraction of sp³-hybridized carbons (Fsp3) is 0.500. The molecule has 1 rings (SSSR count). The monoisotopic (exact) mass is 306 g/mol. The third-order valence-electron chi connectivity index (χ3n) is 2.36. The summed E-state index contributed by atoms with van der Waals surface area (Å²) in [6, 6.07) is 4.44. The lowest BCUT2D eigenvalue weighted by molar-refractivity contribution is 0.340. The third kappa shape index (κ3) is 4.99. The number of likely N-dealkylation sites (N-methyl/N-ethyl adjacent to an activating group) is 1. The zero-order valence-electron chi connectivity index (χ0n) is 11.3. The SMILES string of the molecule is CCOc1ccc(S(=O)(=O)NCCN(C)C)cc1Cl. The van der Waals surface area contributed by atoms with Crippen LogP contribution in [-0.2, 0) is 10.0 Å². The number of ether oxygens (including phenoxy) is 1. The van der Waals surface area contributed by atoms with Crippen LogP contribution in [0.2, 0.25) is 5.02 Å². The van der Waals surface area contributed by atoms with Gasteiger partial charge in [-0.25, -0.2) is 13.1 Å². The standard InChI is InChI=1S/C12H19ClN2O3S/c1-4-18-12-6-5-10(9-11(12)13)19(16,17)14-7-8-15(2)3/h5-6,9,14H,4,7-8H2,1-3H3. The molecule has 0 amide bonds. The lowest BCUT2D eigenvalue weighted by atomic mass is 10.3. The highest BCUT2D eigenvalue weighted by Crippen LogP contribution is 2.27. The number of halogens is 1. The Balaban J connectivity index is 2.81. The van der Waals surface area contributed by atoms with Crippen molar-refractivity contribution in [1.82, 2.24) is 9.62 Å². The zero-order chi connectivity index (χ0) is 14.5. The molecule has 7 heteroatoms. The molecule has 0 saturated carbocycles. The second-order valence-corrected chi connectivity index (χ2v) is 6.40. The smallest absolute Gasteiger partial charge is 0.240 e.